The van der Waals surface area contributed by atoms with E-state index in [1.165, 1.54) is 18.2 Å². The number of hydrogen-bond donors (Lipinski definition) is 0. The first-order valence-corrected chi connectivity index (χ1v) is 7.03. The Morgan fingerprint density at radius 3 is 2.43 bits per heavy atom. The summed E-state index contributed by atoms with van der Waals surface area (Å²) in [7, 11) is 3.10. The minimum absolute atomic E-state index is 0.0945. The van der Waals surface area contributed by atoms with Gasteiger partial charge in [-0.25, -0.2) is 4.39 Å². The first-order chi connectivity index (χ1) is 10.0. The lowest BCUT2D eigenvalue weighted by molar-refractivity contribution is 0.0993. The number of ether oxygens (including phenoxy) is 2. The van der Waals surface area contributed by atoms with Gasteiger partial charge in [0.25, 0.3) is 0 Å². The van der Waals surface area contributed by atoms with Gasteiger partial charge < -0.3 is 9.47 Å². The van der Waals surface area contributed by atoms with Crippen LogP contribution in [0.1, 0.15) is 15.9 Å². The fourth-order valence-electron chi connectivity index (χ4n) is 1.95. The summed E-state index contributed by atoms with van der Waals surface area (Å²) < 4.78 is 23.8. The van der Waals surface area contributed by atoms with Crippen LogP contribution < -0.4 is 9.47 Å². The van der Waals surface area contributed by atoms with Gasteiger partial charge in [0.2, 0.25) is 0 Å². The van der Waals surface area contributed by atoms with Crippen LogP contribution in [0.4, 0.5) is 4.39 Å². The zero-order chi connectivity index (χ0) is 15.4. The summed E-state index contributed by atoms with van der Waals surface area (Å²) in [5.74, 6) is 0.696. The number of halogens is 2. The van der Waals surface area contributed by atoms with E-state index in [0.29, 0.717) is 17.1 Å². The van der Waals surface area contributed by atoms with E-state index in [0.717, 1.165) is 5.56 Å². The summed E-state index contributed by atoms with van der Waals surface area (Å²) in [6.45, 7) is 0. The second kappa shape index (κ2) is 6.72. The molecule has 0 radical (unpaired) electrons. The SMILES string of the molecule is COc1ccc(CC(=O)c2ccc(F)c(Br)c2)cc1OC. The molecule has 0 heterocycles. The van der Waals surface area contributed by atoms with Crippen LogP contribution >= 0.6 is 15.9 Å². The normalized spacial score (nSPS) is 10.3. The molecular formula is C16H14BrFO3. The lowest BCUT2D eigenvalue weighted by Crippen LogP contribution is -2.04. The van der Waals surface area contributed by atoms with Gasteiger partial charge in [-0.2, -0.15) is 0 Å². The molecule has 110 valence electrons. The highest BCUT2D eigenvalue weighted by molar-refractivity contribution is 9.10. The fraction of sp³-hybridized carbons (Fsp3) is 0.188. The molecule has 0 aliphatic rings. The van der Waals surface area contributed by atoms with Gasteiger partial charge in [-0.05, 0) is 51.8 Å². The molecule has 0 saturated carbocycles. The van der Waals surface area contributed by atoms with E-state index in [1.807, 2.05) is 0 Å². The Kier molecular flexibility index (Phi) is 4.96. The summed E-state index contributed by atoms with van der Waals surface area (Å²) >= 11 is 3.08. The number of rotatable bonds is 5. The van der Waals surface area contributed by atoms with Crippen molar-refractivity contribution in [3.63, 3.8) is 0 Å². The Balaban J connectivity index is 2.21. The van der Waals surface area contributed by atoms with Gasteiger partial charge in [0.05, 0.1) is 18.7 Å². The van der Waals surface area contributed by atoms with Gasteiger partial charge in [-0.15, -0.1) is 0 Å². The first-order valence-electron chi connectivity index (χ1n) is 6.24. The van der Waals surface area contributed by atoms with Crippen molar-refractivity contribution < 1.29 is 18.7 Å². The van der Waals surface area contributed by atoms with E-state index < -0.39 is 5.82 Å². The Morgan fingerprint density at radius 2 is 1.81 bits per heavy atom. The predicted octanol–water partition coefficient (Wildman–Crippen LogP) is 4.03. The van der Waals surface area contributed by atoms with Crippen LogP contribution in [0.25, 0.3) is 0 Å². The summed E-state index contributed by atoms with van der Waals surface area (Å²) in [6.07, 6.45) is 0.207. The van der Waals surface area contributed by atoms with Crippen molar-refractivity contribution in [3.05, 3.63) is 57.8 Å². The van der Waals surface area contributed by atoms with Crippen LogP contribution in [-0.4, -0.2) is 20.0 Å². The molecule has 0 aliphatic carbocycles. The van der Waals surface area contributed by atoms with E-state index in [1.54, 1.807) is 32.4 Å². The molecule has 0 aromatic heterocycles. The Morgan fingerprint density at radius 1 is 1.10 bits per heavy atom. The van der Waals surface area contributed by atoms with E-state index >= 15 is 0 Å². The molecule has 0 amide bonds. The molecule has 0 bridgehead atoms. The Hall–Kier alpha value is -1.88. The highest BCUT2D eigenvalue weighted by Crippen LogP contribution is 2.28. The Labute approximate surface area is 130 Å². The van der Waals surface area contributed by atoms with Gasteiger partial charge in [-0.1, -0.05) is 6.07 Å². The van der Waals surface area contributed by atoms with Crippen LogP contribution in [0.3, 0.4) is 0 Å². The van der Waals surface area contributed by atoms with Crippen molar-refractivity contribution in [2.45, 2.75) is 6.42 Å². The highest BCUT2D eigenvalue weighted by atomic mass is 79.9. The van der Waals surface area contributed by atoms with Crippen molar-refractivity contribution in [2.24, 2.45) is 0 Å². The van der Waals surface area contributed by atoms with Crippen LogP contribution in [0.15, 0.2) is 40.9 Å². The zero-order valence-electron chi connectivity index (χ0n) is 11.7. The van der Waals surface area contributed by atoms with Crippen LogP contribution in [0.2, 0.25) is 0 Å². The molecule has 0 fully saturated rings. The average Bonchev–Trinajstić information content (AvgIpc) is 2.49. The maximum Gasteiger partial charge on any atom is 0.167 e. The number of carbonyl (C=O) groups excluding carboxylic acids is 1. The van der Waals surface area contributed by atoms with Crippen LogP contribution in [-0.2, 0) is 6.42 Å². The summed E-state index contributed by atoms with van der Waals surface area (Å²) in [4.78, 5) is 12.2. The third-order valence-corrected chi connectivity index (χ3v) is 3.66. The minimum atomic E-state index is -0.391. The summed E-state index contributed by atoms with van der Waals surface area (Å²) in [5.41, 5.74) is 1.26. The first kappa shape index (κ1) is 15.5. The van der Waals surface area contributed by atoms with Crippen molar-refractivity contribution in [3.8, 4) is 11.5 Å². The summed E-state index contributed by atoms with van der Waals surface area (Å²) in [6, 6.07) is 9.54. The highest BCUT2D eigenvalue weighted by Gasteiger charge is 2.11. The van der Waals surface area contributed by atoms with Gasteiger partial charge in [0, 0.05) is 12.0 Å². The van der Waals surface area contributed by atoms with Gasteiger partial charge in [-0.3, -0.25) is 4.79 Å². The monoisotopic (exact) mass is 352 g/mol. The van der Waals surface area contributed by atoms with E-state index in [-0.39, 0.29) is 16.7 Å². The number of ketones is 1. The molecule has 2 aromatic rings. The molecule has 5 heteroatoms. The molecular weight excluding hydrogens is 339 g/mol. The smallest absolute Gasteiger partial charge is 0.167 e. The van der Waals surface area contributed by atoms with E-state index in [9.17, 15) is 9.18 Å². The minimum Gasteiger partial charge on any atom is -0.493 e. The molecule has 2 aromatic carbocycles. The average molecular weight is 353 g/mol. The Bertz CT molecular complexity index is 671. The molecule has 3 nitrogen and oxygen atoms in total. The van der Waals surface area contributed by atoms with Crippen molar-refractivity contribution >= 4 is 21.7 Å². The lowest BCUT2D eigenvalue weighted by atomic mass is 10.0. The quantitative estimate of drug-likeness (QED) is 0.762. The van der Waals surface area contributed by atoms with E-state index in [4.69, 9.17) is 9.47 Å². The number of carbonyl (C=O) groups is 1. The standard InChI is InChI=1S/C16H14BrFO3/c1-20-15-6-3-10(8-16(15)21-2)7-14(19)11-4-5-13(18)12(17)9-11/h3-6,8-9H,7H2,1-2H3. The fourth-order valence-corrected chi connectivity index (χ4v) is 2.33. The van der Waals surface area contributed by atoms with Gasteiger partial charge in [0.1, 0.15) is 5.82 Å². The van der Waals surface area contributed by atoms with Gasteiger partial charge in [0.15, 0.2) is 17.3 Å². The van der Waals surface area contributed by atoms with Crippen molar-refractivity contribution in [2.75, 3.05) is 14.2 Å². The predicted molar refractivity (Wildman–Crippen MR) is 81.7 cm³/mol. The second-order valence-electron chi connectivity index (χ2n) is 4.42. The van der Waals surface area contributed by atoms with Crippen molar-refractivity contribution in [1.29, 1.82) is 0 Å². The molecule has 0 N–H and O–H groups in total. The van der Waals surface area contributed by atoms with Crippen molar-refractivity contribution in [1.82, 2.24) is 0 Å². The number of Topliss-reactive ketones (excluding diaryl/α,β-unsaturated/α-hetero) is 1. The molecule has 21 heavy (non-hydrogen) atoms. The maximum atomic E-state index is 13.2. The molecule has 0 spiro atoms. The topological polar surface area (TPSA) is 35.5 Å². The molecule has 0 saturated heterocycles. The largest absolute Gasteiger partial charge is 0.493 e. The van der Waals surface area contributed by atoms with Gasteiger partial charge >= 0.3 is 0 Å². The molecule has 2 rings (SSSR count). The third-order valence-electron chi connectivity index (χ3n) is 3.05. The van der Waals surface area contributed by atoms with E-state index in [2.05, 4.69) is 15.9 Å². The number of methoxy groups -OCH3 is 2. The lowest BCUT2D eigenvalue weighted by Gasteiger charge is -2.09. The molecule has 0 aliphatic heterocycles. The van der Waals surface area contributed by atoms with Crippen LogP contribution in [0.5, 0.6) is 11.5 Å². The number of hydrogen-bond acceptors (Lipinski definition) is 3. The number of benzene rings is 2. The third kappa shape index (κ3) is 3.61. The molecule has 0 atom stereocenters. The maximum absolute atomic E-state index is 13.2. The zero-order valence-corrected chi connectivity index (χ0v) is 13.2. The second-order valence-corrected chi connectivity index (χ2v) is 5.27. The van der Waals surface area contributed by atoms with Crippen LogP contribution in [0, 0.1) is 5.82 Å². The molecule has 0 unspecified atom stereocenters. The summed E-state index contributed by atoms with van der Waals surface area (Å²) in [5, 5.41) is 0.